The van der Waals surface area contributed by atoms with E-state index in [9.17, 15) is 4.39 Å². The van der Waals surface area contributed by atoms with Crippen LogP contribution >= 0.6 is 0 Å². The summed E-state index contributed by atoms with van der Waals surface area (Å²) in [5, 5.41) is 0. The van der Waals surface area contributed by atoms with Gasteiger partial charge in [0.1, 0.15) is 5.76 Å². The van der Waals surface area contributed by atoms with Crippen LogP contribution in [0.4, 0.5) is 10.1 Å². The van der Waals surface area contributed by atoms with Crippen molar-refractivity contribution in [2.75, 3.05) is 5.73 Å². The first kappa shape index (κ1) is 11.1. The zero-order valence-corrected chi connectivity index (χ0v) is 8.03. The molecule has 5 N–H and O–H groups in total. The number of hydrogen-bond acceptors (Lipinski definition) is 4. The predicted octanol–water partition coefficient (Wildman–Crippen LogP) is 1.28. The molecule has 0 saturated heterocycles. The molecule has 0 aliphatic heterocycles. The van der Waals surface area contributed by atoms with Crippen LogP contribution in [0.25, 0.3) is 0 Å². The van der Waals surface area contributed by atoms with Crippen molar-refractivity contribution in [3.05, 3.63) is 48.6 Å². The molecular weight excluding hydrogens is 197 g/mol. The van der Waals surface area contributed by atoms with Crippen molar-refractivity contribution in [2.45, 2.75) is 0 Å². The van der Waals surface area contributed by atoms with Gasteiger partial charge in [-0.15, -0.1) is 0 Å². The van der Waals surface area contributed by atoms with Crippen molar-refractivity contribution in [1.29, 1.82) is 0 Å². The van der Waals surface area contributed by atoms with Crippen LogP contribution in [0, 0.1) is 5.82 Å². The van der Waals surface area contributed by atoms with Gasteiger partial charge >= 0.3 is 0 Å². The maximum atomic E-state index is 13.3. The first-order valence-corrected chi connectivity index (χ1v) is 4.19. The summed E-state index contributed by atoms with van der Waals surface area (Å²) in [6.07, 6.45) is 2.75. The Kier molecular flexibility index (Phi) is 3.70. The zero-order valence-electron chi connectivity index (χ0n) is 8.03. The van der Waals surface area contributed by atoms with Gasteiger partial charge in [-0.1, -0.05) is 6.58 Å². The molecule has 0 bridgehead atoms. The molecule has 1 aromatic carbocycles. The lowest BCUT2D eigenvalue weighted by Crippen LogP contribution is -2.15. The van der Waals surface area contributed by atoms with E-state index in [1.165, 1.54) is 30.5 Å². The Hall–Kier alpha value is -2.01. The molecule has 15 heavy (non-hydrogen) atoms. The summed E-state index contributed by atoms with van der Waals surface area (Å²) < 4.78 is 18.4. The Labute approximate surface area is 87.0 Å². The number of nitrogens with two attached hydrogens (primary N) is 2. The normalized spacial score (nSPS) is 10.9. The van der Waals surface area contributed by atoms with Crippen LogP contribution < -0.4 is 21.7 Å². The molecule has 0 heterocycles. The summed E-state index contributed by atoms with van der Waals surface area (Å²) in [5.41, 5.74) is 7.99. The van der Waals surface area contributed by atoms with Gasteiger partial charge in [-0.25, -0.2) is 4.39 Å². The molecule has 0 radical (unpaired) electrons. The number of hydrazine groups is 1. The van der Waals surface area contributed by atoms with Gasteiger partial charge in [0.2, 0.25) is 0 Å². The highest BCUT2D eigenvalue weighted by Crippen LogP contribution is 2.21. The summed E-state index contributed by atoms with van der Waals surface area (Å²) in [7, 11) is 0. The minimum Gasteiger partial charge on any atom is -0.453 e. The van der Waals surface area contributed by atoms with Crippen LogP contribution in [0.15, 0.2) is 42.8 Å². The van der Waals surface area contributed by atoms with Crippen LogP contribution in [0.2, 0.25) is 0 Å². The Morgan fingerprint density at radius 3 is 2.80 bits per heavy atom. The van der Waals surface area contributed by atoms with Crippen LogP contribution in [0.1, 0.15) is 0 Å². The first-order valence-electron chi connectivity index (χ1n) is 4.19. The maximum Gasteiger partial charge on any atom is 0.167 e. The highest BCUT2D eigenvalue weighted by atomic mass is 19.1. The van der Waals surface area contributed by atoms with E-state index in [0.29, 0.717) is 11.4 Å². The molecule has 0 aliphatic rings. The Morgan fingerprint density at radius 2 is 2.27 bits per heavy atom. The van der Waals surface area contributed by atoms with Crippen LogP contribution in [-0.2, 0) is 0 Å². The van der Waals surface area contributed by atoms with E-state index in [0.717, 1.165) is 0 Å². The van der Waals surface area contributed by atoms with Gasteiger partial charge < -0.3 is 15.9 Å². The van der Waals surface area contributed by atoms with Crippen molar-refractivity contribution in [3.63, 3.8) is 0 Å². The lowest BCUT2D eigenvalue weighted by Gasteiger charge is -2.07. The van der Waals surface area contributed by atoms with E-state index >= 15 is 0 Å². The average molecular weight is 209 g/mol. The third-order valence-corrected chi connectivity index (χ3v) is 1.61. The second kappa shape index (κ2) is 5.02. The van der Waals surface area contributed by atoms with Crippen molar-refractivity contribution in [1.82, 2.24) is 5.43 Å². The number of nitrogen functional groups attached to an aromatic ring is 1. The van der Waals surface area contributed by atoms with Crippen molar-refractivity contribution < 1.29 is 9.13 Å². The van der Waals surface area contributed by atoms with Crippen LogP contribution in [0.5, 0.6) is 5.75 Å². The second-order valence-electron chi connectivity index (χ2n) is 2.71. The number of allylic oxidation sites excluding steroid dienone is 1. The van der Waals surface area contributed by atoms with Crippen LogP contribution in [0.3, 0.4) is 0 Å². The number of nitrogens with one attached hydrogen (secondary N) is 1. The first-order chi connectivity index (χ1) is 7.17. The van der Waals surface area contributed by atoms with E-state index in [2.05, 4.69) is 12.0 Å². The van der Waals surface area contributed by atoms with Gasteiger partial charge in [0.25, 0.3) is 0 Å². The summed E-state index contributed by atoms with van der Waals surface area (Å²) in [5.74, 6) is 4.88. The fourth-order valence-corrected chi connectivity index (χ4v) is 0.939. The lowest BCUT2D eigenvalue weighted by atomic mass is 10.3. The molecule has 0 atom stereocenters. The van der Waals surface area contributed by atoms with E-state index < -0.39 is 5.82 Å². The van der Waals surface area contributed by atoms with Gasteiger partial charge in [-0.3, -0.25) is 5.84 Å². The molecule has 0 amide bonds. The highest BCUT2D eigenvalue weighted by Gasteiger charge is 2.04. The Morgan fingerprint density at radius 1 is 1.53 bits per heavy atom. The molecular formula is C10H12FN3O. The van der Waals surface area contributed by atoms with E-state index in [4.69, 9.17) is 16.3 Å². The summed E-state index contributed by atoms with van der Waals surface area (Å²) >= 11 is 0. The number of ether oxygens (including phenoxy) is 1. The quantitative estimate of drug-likeness (QED) is 0.229. The maximum absolute atomic E-state index is 13.3. The molecule has 80 valence electrons. The summed E-state index contributed by atoms with van der Waals surface area (Å²) in [4.78, 5) is 0. The molecule has 0 fully saturated rings. The van der Waals surface area contributed by atoms with Gasteiger partial charge in [0.15, 0.2) is 11.6 Å². The van der Waals surface area contributed by atoms with Crippen LogP contribution in [-0.4, -0.2) is 0 Å². The minimum atomic E-state index is -0.542. The summed E-state index contributed by atoms with van der Waals surface area (Å²) in [6.45, 7) is 3.49. The molecule has 5 heteroatoms. The molecule has 0 aliphatic carbocycles. The number of rotatable bonds is 4. The van der Waals surface area contributed by atoms with Gasteiger partial charge in [-0.2, -0.15) is 0 Å². The fraction of sp³-hybridized carbons (Fsp3) is 0. The zero-order chi connectivity index (χ0) is 11.3. The van der Waals surface area contributed by atoms with Gasteiger partial charge in [0, 0.05) is 11.8 Å². The number of benzene rings is 1. The molecule has 4 nitrogen and oxygen atoms in total. The molecule has 1 rings (SSSR count). The highest BCUT2D eigenvalue weighted by molar-refractivity contribution is 5.43. The standard InChI is InChI=1S/C10H12FN3O/c1-2-8(6-14-13)15-10-4-3-7(12)5-9(10)11/h2-6,14H,1,12-13H2/b8-6+. The number of hydrogen-bond donors (Lipinski definition) is 3. The third kappa shape index (κ3) is 2.99. The SMILES string of the molecule is C=C/C(=C\NN)Oc1ccc(N)cc1F. The van der Waals surface area contributed by atoms with E-state index in [-0.39, 0.29) is 5.75 Å². The molecule has 0 spiro atoms. The fourth-order valence-electron chi connectivity index (χ4n) is 0.939. The number of halogens is 1. The monoisotopic (exact) mass is 209 g/mol. The topological polar surface area (TPSA) is 73.3 Å². The lowest BCUT2D eigenvalue weighted by molar-refractivity contribution is 0.409. The van der Waals surface area contributed by atoms with Crippen molar-refractivity contribution in [2.24, 2.45) is 5.84 Å². The second-order valence-corrected chi connectivity index (χ2v) is 2.71. The van der Waals surface area contributed by atoms with Crippen molar-refractivity contribution in [3.8, 4) is 5.75 Å². The largest absolute Gasteiger partial charge is 0.453 e. The molecule has 0 unspecified atom stereocenters. The molecule has 0 saturated carbocycles. The minimum absolute atomic E-state index is 0.0607. The van der Waals surface area contributed by atoms with Gasteiger partial charge in [0.05, 0.1) is 6.20 Å². The third-order valence-electron chi connectivity index (χ3n) is 1.61. The number of anilines is 1. The molecule has 0 aromatic heterocycles. The Bertz CT molecular complexity index is 390. The van der Waals surface area contributed by atoms with Crippen molar-refractivity contribution >= 4 is 5.69 Å². The smallest absolute Gasteiger partial charge is 0.167 e. The predicted molar refractivity (Wildman–Crippen MR) is 57.0 cm³/mol. The van der Waals surface area contributed by atoms with E-state index in [1.54, 1.807) is 0 Å². The van der Waals surface area contributed by atoms with Gasteiger partial charge in [-0.05, 0) is 18.2 Å². The average Bonchev–Trinajstić information content (AvgIpc) is 2.21. The molecule has 1 aromatic rings. The Balaban J connectivity index is 2.88. The summed E-state index contributed by atoms with van der Waals surface area (Å²) in [6, 6.07) is 4.14. The van der Waals surface area contributed by atoms with E-state index in [1.807, 2.05) is 0 Å².